The third kappa shape index (κ3) is 3.23. The molecule has 0 heterocycles. The summed E-state index contributed by atoms with van der Waals surface area (Å²) >= 11 is 0. The zero-order chi connectivity index (χ0) is 13.7. The highest BCUT2D eigenvalue weighted by molar-refractivity contribution is 5.95. The molecule has 1 unspecified atom stereocenters. The van der Waals surface area contributed by atoms with Gasteiger partial charge in [0.15, 0.2) is 0 Å². The zero-order valence-electron chi connectivity index (χ0n) is 11.3. The molecular formula is C14H22N2O2. The van der Waals surface area contributed by atoms with Crippen LogP contribution in [0.4, 0.5) is 5.69 Å². The van der Waals surface area contributed by atoms with Crippen LogP contribution in [0, 0.1) is 12.8 Å². The van der Waals surface area contributed by atoms with Crippen molar-refractivity contribution in [3.8, 4) is 5.75 Å². The van der Waals surface area contributed by atoms with E-state index in [4.69, 9.17) is 5.73 Å². The highest BCUT2D eigenvalue weighted by Crippen LogP contribution is 2.26. The average Bonchev–Trinajstić information content (AvgIpc) is 2.34. The Bertz CT molecular complexity index is 418. The van der Waals surface area contributed by atoms with Gasteiger partial charge in [0.05, 0.1) is 5.69 Å². The molecule has 0 bridgehead atoms. The second kappa shape index (κ2) is 6.40. The number of carbonyl (C=O) groups is 1. The minimum atomic E-state index is -0.100. The molecule has 0 aromatic heterocycles. The van der Waals surface area contributed by atoms with Crippen molar-refractivity contribution in [2.75, 3.05) is 18.0 Å². The fourth-order valence-electron chi connectivity index (χ4n) is 1.97. The largest absolute Gasteiger partial charge is 0.508 e. The number of hydrogen-bond donors (Lipinski definition) is 2. The van der Waals surface area contributed by atoms with Gasteiger partial charge in [0, 0.05) is 18.5 Å². The Balaban J connectivity index is 3.02. The topological polar surface area (TPSA) is 66.6 Å². The number of phenolic OH excluding ortho intramolecular Hbond substituents is 1. The molecule has 18 heavy (non-hydrogen) atoms. The van der Waals surface area contributed by atoms with Gasteiger partial charge in [-0.15, -0.1) is 0 Å². The van der Waals surface area contributed by atoms with Gasteiger partial charge in [-0.2, -0.15) is 0 Å². The van der Waals surface area contributed by atoms with Gasteiger partial charge >= 0.3 is 0 Å². The number of aryl methyl sites for hydroxylation is 1. The summed E-state index contributed by atoms with van der Waals surface area (Å²) in [6.45, 7) is 6.83. The SMILES string of the molecule is CCN(C(=O)C(C)CCN)c1cc(O)ccc1C. The number of benzene rings is 1. The van der Waals surface area contributed by atoms with Crippen LogP contribution < -0.4 is 10.6 Å². The van der Waals surface area contributed by atoms with Crippen molar-refractivity contribution in [1.82, 2.24) is 0 Å². The first-order chi connectivity index (χ1) is 8.51. The second-order valence-electron chi connectivity index (χ2n) is 4.53. The molecular weight excluding hydrogens is 228 g/mol. The quantitative estimate of drug-likeness (QED) is 0.840. The van der Waals surface area contributed by atoms with Crippen LogP contribution >= 0.6 is 0 Å². The number of aromatic hydroxyl groups is 1. The minimum Gasteiger partial charge on any atom is -0.508 e. The Morgan fingerprint density at radius 3 is 2.72 bits per heavy atom. The van der Waals surface area contributed by atoms with Gasteiger partial charge in [0.2, 0.25) is 5.91 Å². The van der Waals surface area contributed by atoms with E-state index in [1.165, 1.54) is 0 Å². The highest BCUT2D eigenvalue weighted by atomic mass is 16.3. The fraction of sp³-hybridized carbons (Fsp3) is 0.500. The Kier molecular flexibility index (Phi) is 5.16. The van der Waals surface area contributed by atoms with Gasteiger partial charge in [-0.1, -0.05) is 13.0 Å². The summed E-state index contributed by atoms with van der Waals surface area (Å²) in [5.41, 5.74) is 7.24. The summed E-state index contributed by atoms with van der Waals surface area (Å²) in [4.78, 5) is 14.0. The molecule has 1 atom stereocenters. The third-order valence-corrected chi connectivity index (χ3v) is 3.09. The predicted molar refractivity (Wildman–Crippen MR) is 73.7 cm³/mol. The van der Waals surface area contributed by atoms with E-state index in [0.717, 1.165) is 11.3 Å². The van der Waals surface area contributed by atoms with Gasteiger partial charge < -0.3 is 15.7 Å². The van der Waals surface area contributed by atoms with Gasteiger partial charge in [-0.3, -0.25) is 4.79 Å². The lowest BCUT2D eigenvalue weighted by molar-refractivity contribution is -0.122. The van der Waals surface area contributed by atoms with Gasteiger partial charge in [-0.25, -0.2) is 0 Å². The average molecular weight is 250 g/mol. The molecule has 1 amide bonds. The van der Waals surface area contributed by atoms with E-state index in [0.29, 0.717) is 19.5 Å². The Morgan fingerprint density at radius 1 is 1.50 bits per heavy atom. The number of amides is 1. The van der Waals surface area contributed by atoms with Crippen molar-refractivity contribution in [2.45, 2.75) is 27.2 Å². The normalized spacial score (nSPS) is 12.2. The summed E-state index contributed by atoms with van der Waals surface area (Å²) in [5.74, 6) is 0.127. The number of hydrogen-bond acceptors (Lipinski definition) is 3. The molecule has 4 nitrogen and oxygen atoms in total. The van der Waals surface area contributed by atoms with E-state index < -0.39 is 0 Å². The molecule has 1 rings (SSSR count). The molecule has 0 fully saturated rings. The van der Waals surface area contributed by atoms with Crippen LogP contribution in [0.1, 0.15) is 25.8 Å². The molecule has 0 spiro atoms. The second-order valence-corrected chi connectivity index (χ2v) is 4.53. The summed E-state index contributed by atoms with van der Waals surface area (Å²) < 4.78 is 0. The van der Waals surface area contributed by atoms with Crippen LogP contribution in [0.15, 0.2) is 18.2 Å². The zero-order valence-corrected chi connectivity index (χ0v) is 11.3. The smallest absolute Gasteiger partial charge is 0.229 e. The summed E-state index contributed by atoms with van der Waals surface area (Å²) in [5, 5.41) is 9.55. The lowest BCUT2D eigenvalue weighted by Crippen LogP contribution is -2.36. The van der Waals surface area contributed by atoms with E-state index in [9.17, 15) is 9.90 Å². The van der Waals surface area contributed by atoms with Crippen molar-refractivity contribution >= 4 is 11.6 Å². The van der Waals surface area contributed by atoms with E-state index in [2.05, 4.69) is 0 Å². The highest BCUT2D eigenvalue weighted by Gasteiger charge is 2.21. The van der Waals surface area contributed by atoms with E-state index in [1.54, 1.807) is 17.0 Å². The summed E-state index contributed by atoms with van der Waals surface area (Å²) in [6.07, 6.45) is 0.674. The lowest BCUT2D eigenvalue weighted by atomic mass is 10.0. The maximum absolute atomic E-state index is 12.3. The lowest BCUT2D eigenvalue weighted by Gasteiger charge is -2.26. The van der Waals surface area contributed by atoms with Crippen molar-refractivity contribution in [3.63, 3.8) is 0 Å². The maximum Gasteiger partial charge on any atom is 0.229 e. The first kappa shape index (κ1) is 14.5. The van der Waals surface area contributed by atoms with Gasteiger partial charge in [-0.05, 0) is 38.4 Å². The molecule has 0 aliphatic rings. The number of phenols is 1. The predicted octanol–water partition coefficient (Wildman–Crippen LogP) is 2.04. The number of rotatable bonds is 5. The minimum absolute atomic E-state index is 0.0525. The van der Waals surface area contributed by atoms with E-state index in [1.807, 2.05) is 26.8 Å². The molecule has 4 heteroatoms. The van der Waals surface area contributed by atoms with Crippen LogP contribution in [0.5, 0.6) is 5.75 Å². The van der Waals surface area contributed by atoms with Crippen LogP contribution in [0.2, 0.25) is 0 Å². The number of carbonyl (C=O) groups excluding carboxylic acids is 1. The van der Waals surface area contributed by atoms with Crippen LogP contribution in [0.3, 0.4) is 0 Å². The standard InChI is InChI=1S/C14H22N2O2/c1-4-16(14(18)11(3)7-8-15)13-9-12(17)6-5-10(13)2/h5-6,9,11,17H,4,7-8,15H2,1-3H3. The van der Waals surface area contributed by atoms with Gasteiger partial charge in [0.1, 0.15) is 5.75 Å². The molecule has 1 aromatic carbocycles. The summed E-state index contributed by atoms with van der Waals surface area (Å²) in [7, 11) is 0. The van der Waals surface area contributed by atoms with Crippen molar-refractivity contribution in [1.29, 1.82) is 0 Å². The number of anilines is 1. The molecule has 0 saturated heterocycles. The first-order valence-corrected chi connectivity index (χ1v) is 6.32. The third-order valence-electron chi connectivity index (χ3n) is 3.09. The molecule has 0 aliphatic carbocycles. The van der Waals surface area contributed by atoms with E-state index >= 15 is 0 Å². The molecule has 0 saturated carbocycles. The van der Waals surface area contributed by atoms with Gasteiger partial charge in [0.25, 0.3) is 0 Å². The van der Waals surface area contributed by atoms with Crippen LogP contribution in [-0.2, 0) is 4.79 Å². The number of nitrogens with two attached hydrogens (primary N) is 1. The molecule has 100 valence electrons. The molecule has 1 aromatic rings. The monoisotopic (exact) mass is 250 g/mol. The van der Waals surface area contributed by atoms with Crippen molar-refractivity contribution in [3.05, 3.63) is 23.8 Å². The van der Waals surface area contributed by atoms with Crippen LogP contribution in [0.25, 0.3) is 0 Å². The van der Waals surface area contributed by atoms with Crippen molar-refractivity contribution in [2.24, 2.45) is 11.7 Å². The van der Waals surface area contributed by atoms with Crippen LogP contribution in [-0.4, -0.2) is 24.1 Å². The Hall–Kier alpha value is -1.55. The summed E-state index contributed by atoms with van der Waals surface area (Å²) in [6, 6.07) is 5.07. The Labute approximate surface area is 108 Å². The number of nitrogens with zero attached hydrogens (tertiary/aromatic N) is 1. The molecule has 0 radical (unpaired) electrons. The molecule has 0 aliphatic heterocycles. The van der Waals surface area contributed by atoms with Crippen molar-refractivity contribution < 1.29 is 9.90 Å². The maximum atomic E-state index is 12.3. The fourth-order valence-corrected chi connectivity index (χ4v) is 1.97. The molecule has 3 N–H and O–H groups in total. The Morgan fingerprint density at radius 2 is 2.17 bits per heavy atom. The van der Waals surface area contributed by atoms with E-state index in [-0.39, 0.29) is 17.6 Å². The first-order valence-electron chi connectivity index (χ1n) is 6.32.